The standard InChI is InChI=1S/C21H27N3O2S2/c1-14-8-10-16(11-9-14)13-28-19-17(20(25)26)18(23-21(24-19)27-2)22-12-15-6-4-3-5-7-15/h8-11,15H,3-7,12-13H2,1-2H3,(H,25,26)(H,22,23,24). The van der Waals surface area contributed by atoms with Gasteiger partial charge in [-0.2, -0.15) is 0 Å². The molecule has 2 N–H and O–H groups in total. The molecular formula is C21H27N3O2S2. The number of aromatic carboxylic acids is 1. The Kier molecular flexibility index (Phi) is 7.62. The third kappa shape index (κ3) is 5.64. The molecule has 0 atom stereocenters. The van der Waals surface area contributed by atoms with Gasteiger partial charge in [-0.1, -0.05) is 60.9 Å². The molecule has 1 aromatic heterocycles. The molecule has 1 heterocycles. The Bertz CT molecular complexity index is 806. The molecule has 28 heavy (non-hydrogen) atoms. The van der Waals surface area contributed by atoms with Crippen LogP contribution in [-0.2, 0) is 5.75 Å². The molecule has 1 aliphatic carbocycles. The number of nitrogens with one attached hydrogen (secondary N) is 1. The summed E-state index contributed by atoms with van der Waals surface area (Å²) in [4.78, 5) is 21.0. The average Bonchev–Trinajstić information content (AvgIpc) is 2.71. The Hall–Kier alpha value is -1.73. The molecule has 0 saturated heterocycles. The van der Waals surface area contributed by atoms with Crippen molar-refractivity contribution in [1.29, 1.82) is 0 Å². The maximum Gasteiger partial charge on any atom is 0.342 e. The first-order chi connectivity index (χ1) is 13.6. The van der Waals surface area contributed by atoms with Gasteiger partial charge in [0, 0.05) is 12.3 Å². The Balaban J connectivity index is 1.80. The lowest BCUT2D eigenvalue weighted by molar-refractivity contribution is 0.0692. The predicted molar refractivity (Wildman–Crippen MR) is 117 cm³/mol. The van der Waals surface area contributed by atoms with Gasteiger partial charge < -0.3 is 10.4 Å². The van der Waals surface area contributed by atoms with E-state index < -0.39 is 5.97 Å². The molecule has 1 fully saturated rings. The van der Waals surface area contributed by atoms with Gasteiger partial charge in [-0.15, -0.1) is 11.8 Å². The summed E-state index contributed by atoms with van der Waals surface area (Å²) in [7, 11) is 0. The van der Waals surface area contributed by atoms with Crippen molar-refractivity contribution in [2.75, 3.05) is 18.1 Å². The van der Waals surface area contributed by atoms with E-state index in [0.29, 0.717) is 27.7 Å². The van der Waals surface area contributed by atoms with E-state index in [4.69, 9.17) is 0 Å². The molecule has 150 valence electrons. The van der Waals surface area contributed by atoms with Crippen molar-refractivity contribution in [2.45, 2.75) is 55.0 Å². The minimum atomic E-state index is -0.981. The number of carboxylic acid groups (broad SMARTS) is 1. The van der Waals surface area contributed by atoms with Crippen LogP contribution in [0.5, 0.6) is 0 Å². The topological polar surface area (TPSA) is 75.1 Å². The van der Waals surface area contributed by atoms with E-state index >= 15 is 0 Å². The van der Waals surface area contributed by atoms with Gasteiger partial charge in [-0.3, -0.25) is 0 Å². The van der Waals surface area contributed by atoms with Gasteiger partial charge in [-0.25, -0.2) is 14.8 Å². The number of benzene rings is 1. The summed E-state index contributed by atoms with van der Waals surface area (Å²) in [6, 6.07) is 8.28. The number of aromatic nitrogens is 2. The molecule has 3 rings (SSSR count). The summed E-state index contributed by atoms with van der Waals surface area (Å²) in [6.45, 7) is 2.83. The van der Waals surface area contributed by atoms with Crippen LogP contribution in [0.4, 0.5) is 5.82 Å². The highest BCUT2D eigenvalue weighted by molar-refractivity contribution is 7.99. The van der Waals surface area contributed by atoms with Crippen LogP contribution in [0.25, 0.3) is 0 Å². The largest absolute Gasteiger partial charge is 0.477 e. The van der Waals surface area contributed by atoms with Gasteiger partial charge in [0.2, 0.25) is 0 Å². The first kappa shape index (κ1) is 21.0. The van der Waals surface area contributed by atoms with E-state index in [1.165, 1.54) is 61.2 Å². The molecule has 0 unspecified atom stereocenters. The second-order valence-corrected chi connectivity index (χ2v) is 8.94. The lowest BCUT2D eigenvalue weighted by Gasteiger charge is -2.22. The first-order valence-corrected chi connectivity index (χ1v) is 11.9. The molecule has 0 spiro atoms. The van der Waals surface area contributed by atoms with Crippen molar-refractivity contribution >= 4 is 35.3 Å². The van der Waals surface area contributed by atoms with Crippen molar-refractivity contribution in [3.8, 4) is 0 Å². The van der Waals surface area contributed by atoms with Crippen LogP contribution in [0, 0.1) is 12.8 Å². The third-order valence-electron chi connectivity index (χ3n) is 5.03. The van der Waals surface area contributed by atoms with Gasteiger partial charge in [-0.05, 0) is 37.5 Å². The van der Waals surface area contributed by atoms with Crippen LogP contribution in [0.1, 0.15) is 53.6 Å². The maximum atomic E-state index is 12.0. The van der Waals surface area contributed by atoms with E-state index in [1.54, 1.807) is 0 Å². The zero-order chi connectivity index (χ0) is 19.9. The normalized spacial score (nSPS) is 14.8. The molecule has 1 saturated carbocycles. The van der Waals surface area contributed by atoms with E-state index in [2.05, 4.69) is 46.5 Å². The SMILES string of the molecule is CSc1nc(NCC2CCCCC2)c(C(=O)O)c(SCc2ccc(C)cc2)n1. The number of hydrogen-bond acceptors (Lipinski definition) is 6. The predicted octanol–water partition coefficient (Wildman–Crippen LogP) is 5.49. The van der Waals surface area contributed by atoms with Crippen LogP contribution in [0.2, 0.25) is 0 Å². The van der Waals surface area contributed by atoms with Crippen molar-refractivity contribution < 1.29 is 9.90 Å². The summed E-state index contributed by atoms with van der Waals surface area (Å²) in [5, 5.41) is 14.3. The van der Waals surface area contributed by atoms with Crippen molar-refractivity contribution in [3.63, 3.8) is 0 Å². The minimum Gasteiger partial charge on any atom is -0.477 e. The Morgan fingerprint density at radius 1 is 1.18 bits per heavy atom. The summed E-state index contributed by atoms with van der Waals surface area (Å²) < 4.78 is 0. The fraction of sp³-hybridized carbons (Fsp3) is 0.476. The zero-order valence-electron chi connectivity index (χ0n) is 16.4. The van der Waals surface area contributed by atoms with Gasteiger partial charge in [0.25, 0.3) is 0 Å². The van der Waals surface area contributed by atoms with Crippen molar-refractivity contribution in [2.24, 2.45) is 5.92 Å². The third-order valence-corrected chi connectivity index (χ3v) is 6.63. The number of rotatable bonds is 8. The average molecular weight is 418 g/mol. The number of anilines is 1. The Labute approximate surface area is 175 Å². The molecule has 0 radical (unpaired) electrons. The summed E-state index contributed by atoms with van der Waals surface area (Å²) in [6.07, 6.45) is 8.14. The Morgan fingerprint density at radius 3 is 2.54 bits per heavy atom. The fourth-order valence-electron chi connectivity index (χ4n) is 3.41. The summed E-state index contributed by atoms with van der Waals surface area (Å²) in [5.74, 6) is 0.730. The number of thioether (sulfide) groups is 2. The highest BCUT2D eigenvalue weighted by Crippen LogP contribution is 2.31. The number of aryl methyl sites for hydroxylation is 1. The lowest BCUT2D eigenvalue weighted by Crippen LogP contribution is -2.20. The van der Waals surface area contributed by atoms with Crippen LogP contribution in [-0.4, -0.2) is 33.8 Å². The maximum absolute atomic E-state index is 12.0. The van der Waals surface area contributed by atoms with E-state index in [-0.39, 0.29) is 5.56 Å². The van der Waals surface area contributed by atoms with E-state index in [0.717, 1.165) is 12.1 Å². The highest BCUT2D eigenvalue weighted by Gasteiger charge is 2.22. The Morgan fingerprint density at radius 2 is 1.89 bits per heavy atom. The molecule has 7 heteroatoms. The molecule has 1 aromatic carbocycles. The molecule has 2 aromatic rings. The number of carboxylic acids is 1. The van der Waals surface area contributed by atoms with Gasteiger partial charge >= 0.3 is 5.97 Å². The van der Waals surface area contributed by atoms with Crippen LogP contribution in [0.3, 0.4) is 0 Å². The minimum absolute atomic E-state index is 0.186. The molecule has 0 bridgehead atoms. The summed E-state index contributed by atoms with van der Waals surface area (Å²) in [5.41, 5.74) is 2.54. The quantitative estimate of drug-likeness (QED) is 0.334. The van der Waals surface area contributed by atoms with Crippen LogP contribution < -0.4 is 5.32 Å². The first-order valence-electron chi connectivity index (χ1n) is 9.68. The zero-order valence-corrected chi connectivity index (χ0v) is 18.0. The fourth-order valence-corrected chi connectivity index (χ4v) is 4.80. The molecular weight excluding hydrogens is 390 g/mol. The lowest BCUT2D eigenvalue weighted by atomic mass is 9.89. The second kappa shape index (κ2) is 10.2. The van der Waals surface area contributed by atoms with Crippen molar-refractivity contribution in [3.05, 3.63) is 41.0 Å². The number of nitrogens with zero attached hydrogens (tertiary/aromatic N) is 2. The molecule has 1 aliphatic rings. The smallest absolute Gasteiger partial charge is 0.342 e. The van der Waals surface area contributed by atoms with E-state index in [1.807, 2.05) is 6.26 Å². The molecule has 5 nitrogen and oxygen atoms in total. The second-order valence-electron chi connectivity index (χ2n) is 7.20. The molecule has 0 amide bonds. The van der Waals surface area contributed by atoms with Crippen LogP contribution in [0.15, 0.2) is 34.4 Å². The van der Waals surface area contributed by atoms with Gasteiger partial charge in [0.05, 0.1) is 0 Å². The number of hydrogen-bond donors (Lipinski definition) is 2. The van der Waals surface area contributed by atoms with Crippen molar-refractivity contribution in [1.82, 2.24) is 9.97 Å². The van der Waals surface area contributed by atoms with Crippen LogP contribution >= 0.6 is 23.5 Å². The van der Waals surface area contributed by atoms with Gasteiger partial charge in [0.15, 0.2) is 5.16 Å². The monoisotopic (exact) mass is 417 g/mol. The number of carbonyl (C=O) groups is 1. The van der Waals surface area contributed by atoms with E-state index in [9.17, 15) is 9.90 Å². The summed E-state index contributed by atoms with van der Waals surface area (Å²) >= 11 is 2.89. The van der Waals surface area contributed by atoms with Gasteiger partial charge in [0.1, 0.15) is 16.4 Å². The molecule has 0 aliphatic heterocycles. The highest BCUT2D eigenvalue weighted by atomic mass is 32.2.